The van der Waals surface area contributed by atoms with Crippen molar-refractivity contribution in [2.45, 2.75) is 52.2 Å². The molecule has 0 spiro atoms. The predicted octanol–water partition coefficient (Wildman–Crippen LogP) is 3.90. The lowest BCUT2D eigenvalue weighted by Gasteiger charge is -2.52. The zero-order chi connectivity index (χ0) is 14.9. The Balaban J connectivity index is 1.71. The molecule has 2 fully saturated rings. The highest BCUT2D eigenvalue weighted by molar-refractivity contribution is 5.71. The van der Waals surface area contributed by atoms with Crippen molar-refractivity contribution < 1.29 is 4.74 Å². The van der Waals surface area contributed by atoms with Gasteiger partial charge < -0.3 is 15.0 Å². The van der Waals surface area contributed by atoms with Gasteiger partial charge in [-0.1, -0.05) is 26.0 Å². The van der Waals surface area contributed by atoms with E-state index in [0.717, 1.165) is 13.0 Å². The smallest absolute Gasteiger partial charge is 0.0665 e. The molecule has 0 radical (unpaired) electrons. The van der Waals surface area contributed by atoms with Gasteiger partial charge in [-0.2, -0.15) is 0 Å². The Labute approximate surface area is 128 Å². The molecule has 0 aromatic heterocycles. The van der Waals surface area contributed by atoms with E-state index in [2.05, 4.69) is 55.3 Å². The Morgan fingerprint density at radius 3 is 2.62 bits per heavy atom. The van der Waals surface area contributed by atoms with Gasteiger partial charge in [-0.3, -0.25) is 0 Å². The van der Waals surface area contributed by atoms with E-state index in [4.69, 9.17) is 4.74 Å². The van der Waals surface area contributed by atoms with Crippen LogP contribution in [0.25, 0.3) is 0 Å². The maximum atomic E-state index is 5.84. The monoisotopic (exact) mass is 288 g/mol. The first kappa shape index (κ1) is 14.7. The van der Waals surface area contributed by atoms with Crippen LogP contribution >= 0.6 is 0 Å². The van der Waals surface area contributed by atoms with Crippen LogP contribution in [0.2, 0.25) is 0 Å². The molecule has 1 heterocycles. The second-order valence-corrected chi connectivity index (χ2v) is 6.91. The van der Waals surface area contributed by atoms with Crippen molar-refractivity contribution in [3.8, 4) is 0 Å². The minimum absolute atomic E-state index is 0.203. The molecule has 116 valence electrons. The minimum Gasteiger partial charge on any atom is -0.380 e. The van der Waals surface area contributed by atoms with Crippen molar-refractivity contribution in [3.05, 3.63) is 24.3 Å². The van der Waals surface area contributed by atoms with Crippen molar-refractivity contribution in [2.75, 3.05) is 29.9 Å². The highest BCUT2D eigenvalue weighted by Gasteiger charge is 2.49. The van der Waals surface area contributed by atoms with Crippen LogP contribution < -0.4 is 10.2 Å². The van der Waals surface area contributed by atoms with Crippen LogP contribution in [0.4, 0.5) is 11.4 Å². The van der Waals surface area contributed by atoms with Crippen molar-refractivity contribution >= 4 is 11.4 Å². The Kier molecular flexibility index (Phi) is 4.12. The third kappa shape index (κ3) is 2.76. The lowest BCUT2D eigenvalue weighted by atomic mass is 9.64. The van der Waals surface area contributed by atoms with Gasteiger partial charge in [0.05, 0.1) is 17.5 Å². The highest BCUT2D eigenvalue weighted by atomic mass is 16.5. The average molecular weight is 288 g/mol. The van der Waals surface area contributed by atoms with Gasteiger partial charge in [0.25, 0.3) is 0 Å². The van der Waals surface area contributed by atoms with Crippen molar-refractivity contribution in [1.82, 2.24) is 0 Å². The summed E-state index contributed by atoms with van der Waals surface area (Å²) >= 11 is 0. The molecular weight excluding hydrogens is 260 g/mol. The number of nitrogens with one attached hydrogen (secondary N) is 1. The quantitative estimate of drug-likeness (QED) is 0.889. The number of ether oxygens (including phenoxy) is 1. The van der Waals surface area contributed by atoms with E-state index < -0.39 is 0 Å². The van der Waals surface area contributed by atoms with Gasteiger partial charge in [0, 0.05) is 31.2 Å². The predicted molar refractivity (Wildman–Crippen MR) is 89.1 cm³/mol. The van der Waals surface area contributed by atoms with Crippen LogP contribution in [0.5, 0.6) is 0 Å². The molecule has 1 saturated carbocycles. The average Bonchev–Trinajstić information content (AvgIpc) is 3.01. The molecule has 0 bridgehead atoms. The Bertz CT molecular complexity index is 480. The molecule has 2 atom stereocenters. The topological polar surface area (TPSA) is 24.5 Å². The summed E-state index contributed by atoms with van der Waals surface area (Å²) in [6.45, 7) is 9.90. The molecule has 1 saturated heterocycles. The largest absolute Gasteiger partial charge is 0.380 e. The zero-order valence-electron chi connectivity index (χ0n) is 13.6. The summed E-state index contributed by atoms with van der Waals surface area (Å²) in [7, 11) is 0. The summed E-state index contributed by atoms with van der Waals surface area (Å²) in [6, 6.07) is 9.25. The lowest BCUT2D eigenvalue weighted by Crippen LogP contribution is -2.58. The fourth-order valence-electron chi connectivity index (χ4n) is 3.63. The molecule has 1 N–H and O–H groups in total. The summed E-state index contributed by atoms with van der Waals surface area (Å²) in [5.41, 5.74) is 2.85. The molecule has 1 aliphatic heterocycles. The molecule has 3 heteroatoms. The normalized spacial score (nSPS) is 27.5. The van der Waals surface area contributed by atoms with Gasteiger partial charge in [-0.05, 0) is 38.3 Å². The summed E-state index contributed by atoms with van der Waals surface area (Å²) in [5.74, 6) is 0. The third-order valence-electron chi connectivity index (χ3n) is 5.23. The number of hydrogen-bond donors (Lipinski definition) is 1. The summed E-state index contributed by atoms with van der Waals surface area (Å²) in [5, 5.41) is 3.78. The molecule has 21 heavy (non-hydrogen) atoms. The molecule has 1 aromatic rings. The number of para-hydroxylation sites is 2. The first-order valence-corrected chi connectivity index (χ1v) is 8.35. The molecule has 2 aliphatic rings. The first-order valence-electron chi connectivity index (χ1n) is 8.35. The molecule has 2 unspecified atom stereocenters. The van der Waals surface area contributed by atoms with Gasteiger partial charge in [0.15, 0.2) is 0 Å². The van der Waals surface area contributed by atoms with E-state index in [0.29, 0.717) is 12.1 Å². The first-order chi connectivity index (χ1) is 10.1. The molecule has 3 rings (SSSR count). The number of nitrogens with zero attached hydrogens (tertiary/aromatic N) is 1. The summed E-state index contributed by atoms with van der Waals surface area (Å²) < 4.78 is 5.84. The van der Waals surface area contributed by atoms with Crippen LogP contribution in [0.1, 0.15) is 40.0 Å². The van der Waals surface area contributed by atoms with Gasteiger partial charge in [-0.15, -0.1) is 0 Å². The van der Waals surface area contributed by atoms with E-state index in [9.17, 15) is 0 Å². The molecule has 3 nitrogen and oxygen atoms in total. The summed E-state index contributed by atoms with van der Waals surface area (Å²) in [4.78, 5) is 2.51. The van der Waals surface area contributed by atoms with Crippen LogP contribution in [0, 0.1) is 5.41 Å². The number of hydrogen-bond acceptors (Lipinski definition) is 3. The molecule has 0 amide bonds. The van der Waals surface area contributed by atoms with Gasteiger partial charge in [0.2, 0.25) is 0 Å². The Morgan fingerprint density at radius 2 is 1.95 bits per heavy atom. The fourth-order valence-corrected chi connectivity index (χ4v) is 3.63. The highest BCUT2D eigenvalue weighted by Crippen LogP contribution is 2.45. The maximum Gasteiger partial charge on any atom is 0.0665 e. The van der Waals surface area contributed by atoms with Crippen molar-refractivity contribution in [1.29, 1.82) is 0 Å². The molecule has 1 aliphatic carbocycles. The van der Waals surface area contributed by atoms with E-state index in [1.807, 2.05) is 0 Å². The molecule has 1 aromatic carbocycles. The zero-order valence-corrected chi connectivity index (χ0v) is 13.6. The van der Waals surface area contributed by atoms with E-state index in [1.165, 1.54) is 37.3 Å². The SMILES string of the molecule is CCOC1CC(Nc2ccccc2N2CCCC2)C1(C)C. The van der Waals surface area contributed by atoms with Crippen LogP contribution in [-0.4, -0.2) is 31.8 Å². The van der Waals surface area contributed by atoms with Crippen molar-refractivity contribution in [3.63, 3.8) is 0 Å². The second kappa shape index (κ2) is 5.88. The van der Waals surface area contributed by atoms with Crippen LogP contribution in [0.3, 0.4) is 0 Å². The summed E-state index contributed by atoms with van der Waals surface area (Å²) in [6.07, 6.45) is 4.12. The molecular formula is C18H28N2O. The Morgan fingerprint density at radius 1 is 1.24 bits per heavy atom. The third-order valence-corrected chi connectivity index (χ3v) is 5.23. The minimum atomic E-state index is 0.203. The number of rotatable bonds is 5. The Hall–Kier alpha value is -1.22. The van der Waals surface area contributed by atoms with Crippen molar-refractivity contribution in [2.24, 2.45) is 5.41 Å². The van der Waals surface area contributed by atoms with Crippen LogP contribution in [0.15, 0.2) is 24.3 Å². The second-order valence-electron chi connectivity index (χ2n) is 6.91. The number of benzene rings is 1. The lowest BCUT2D eigenvalue weighted by molar-refractivity contribution is -0.0975. The number of anilines is 2. The van der Waals surface area contributed by atoms with Gasteiger partial charge in [0.1, 0.15) is 0 Å². The van der Waals surface area contributed by atoms with Gasteiger partial charge in [-0.25, -0.2) is 0 Å². The standard InChI is InChI=1S/C18H28N2O/c1-4-21-17-13-16(18(17,2)3)19-14-9-5-6-10-15(14)20-11-7-8-12-20/h5-6,9-10,16-17,19H,4,7-8,11-13H2,1-3H3. The van der Waals surface area contributed by atoms with E-state index in [1.54, 1.807) is 0 Å². The van der Waals surface area contributed by atoms with Gasteiger partial charge >= 0.3 is 0 Å². The fraction of sp³-hybridized carbons (Fsp3) is 0.667. The van der Waals surface area contributed by atoms with Crippen LogP contribution in [-0.2, 0) is 4.74 Å². The van der Waals surface area contributed by atoms with E-state index >= 15 is 0 Å². The van der Waals surface area contributed by atoms with E-state index in [-0.39, 0.29) is 5.41 Å². The maximum absolute atomic E-state index is 5.84.